The number of unbranched alkanes of at least 4 members (excludes halogenated alkanes) is 2. The van der Waals surface area contributed by atoms with Crippen LogP contribution in [0.3, 0.4) is 0 Å². The van der Waals surface area contributed by atoms with E-state index in [1.165, 1.54) is 0 Å². The molecule has 0 saturated carbocycles. The van der Waals surface area contributed by atoms with Gasteiger partial charge in [-0.2, -0.15) is 0 Å². The Morgan fingerprint density at radius 2 is 2.33 bits per heavy atom. The third kappa shape index (κ3) is 5.08. The second-order valence-electron chi connectivity index (χ2n) is 5.46. The Morgan fingerprint density at radius 1 is 1.48 bits per heavy atom. The van der Waals surface area contributed by atoms with Crippen molar-refractivity contribution in [2.45, 2.75) is 51.2 Å². The number of halogens is 1. The number of nitrogens with one attached hydrogen (secondary N) is 1. The fourth-order valence-electron chi connectivity index (χ4n) is 2.40. The van der Waals surface area contributed by atoms with E-state index in [0.29, 0.717) is 18.2 Å². The molecule has 1 aromatic rings. The minimum absolute atomic E-state index is 0.00853. The van der Waals surface area contributed by atoms with Gasteiger partial charge in [-0.25, -0.2) is 9.37 Å². The topological polar surface area (TPSA) is 51.2 Å². The fourth-order valence-corrected chi connectivity index (χ4v) is 2.40. The number of alkyl halides is 1. The molecule has 0 amide bonds. The molecule has 0 spiro atoms. The molecular weight excluding hydrogens is 271 g/mol. The summed E-state index contributed by atoms with van der Waals surface area (Å²) in [5.74, 6) is 0.546. The summed E-state index contributed by atoms with van der Waals surface area (Å²) in [6, 6.07) is 5.06. The molecule has 0 radical (unpaired) electrons. The molecule has 2 heterocycles. The van der Waals surface area contributed by atoms with Crippen LogP contribution in [-0.2, 0) is 11.2 Å². The second-order valence-corrected chi connectivity index (χ2v) is 5.46. The largest absolute Gasteiger partial charge is 0.478 e. The van der Waals surface area contributed by atoms with Gasteiger partial charge in [0.25, 0.3) is 0 Å². The van der Waals surface area contributed by atoms with Crippen LogP contribution in [0.15, 0.2) is 18.2 Å². The van der Waals surface area contributed by atoms with Crippen molar-refractivity contribution in [2.75, 3.05) is 13.2 Å². The zero-order valence-electron chi connectivity index (χ0n) is 12.5. The molecular formula is C16H23FN2O2. The standard InChI is InChI=1S/C16H23FN2O2/c1-2-3-4-8-21-16-7-5-6-13(19-16)10-15(20)14-9-12(17)11-18-14/h5-7,12,14,18H,2-4,8-11H2,1H3/t12-,14+/m1/s1. The van der Waals surface area contributed by atoms with E-state index in [4.69, 9.17) is 4.74 Å². The van der Waals surface area contributed by atoms with Crippen molar-refractivity contribution >= 4 is 5.78 Å². The molecule has 116 valence electrons. The van der Waals surface area contributed by atoms with Gasteiger partial charge < -0.3 is 10.1 Å². The average Bonchev–Trinajstić information content (AvgIpc) is 2.91. The molecule has 0 bridgehead atoms. The molecule has 1 aliphatic heterocycles. The van der Waals surface area contributed by atoms with Crippen LogP contribution in [0.2, 0.25) is 0 Å². The van der Waals surface area contributed by atoms with Crippen LogP contribution in [0.5, 0.6) is 5.88 Å². The summed E-state index contributed by atoms with van der Waals surface area (Å²) in [5.41, 5.74) is 0.678. The quantitative estimate of drug-likeness (QED) is 0.748. The summed E-state index contributed by atoms with van der Waals surface area (Å²) in [6.45, 7) is 3.06. The number of rotatable bonds is 8. The minimum atomic E-state index is -0.917. The van der Waals surface area contributed by atoms with Crippen molar-refractivity contribution in [1.82, 2.24) is 10.3 Å². The van der Waals surface area contributed by atoms with Crippen molar-refractivity contribution < 1.29 is 13.9 Å². The van der Waals surface area contributed by atoms with Crippen molar-refractivity contribution in [2.24, 2.45) is 0 Å². The number of hydrogen-bond donors (Lipinski definition) is 1. The number of hydrogen-bond acceptors (Lipinski definition) is 4. The van der Waals surface area contributed by atoms with Gasteiger partial charge >= 0.3 is 0 Å². The number of ether oxygens (including phenoxy) is 1. The van der Waals surface area contributed by atoms with Gasteiger partial charge in [0, 0.05) is 19.0 Å². The fraction of sp³-hybridized carbons (Fsp3) is 0.625. The Balaban J connectivity index is 1.84. The predicted molar refractivity (Wildman–Crippen MR) is 79.3 cm³/mol. The smallest absolute Gasteiger partial charge is 0.213 e. The molecule has 5 heteroatoms. The summed E-state index contributed by atoms with van der Waals surface area (Å²) in [6.07, 6.45) is 2.86. The van der Waals surface area contributed by atoms with Crippen LogP contribution in [0, 0.1) is 0 Å². The maximum absolute atomic E-state index is 13.1. The van der Waals surface area contributed by atoms with Crippen LogP contribution < -0.4 is 10.1 Å². The number of carbonyl (C=O) groups excluding carboxylic acids is 1. The summed E-state index contributed by atoms with van der Waals surface area (Å²) < 4.78 is 18.7. The van der Waals surface area contributed by atoms with E-state index in [2.05, 4.69) is 17.2 Å². The minimum Gasteiger partial charge on any atom is -0.478 e. The highest BCUT2D eigenvalue weighted by Crippen LogP contribution is 2.14. The monoisotopic (exact) mass is 294 g/mol. The highest BCUT2D eigenvalue weighted by Gasteiger charge is 2.29. The predicted octanol–water partition coefficient (Wildman–Crippen LogP) is 2.46. The van der Waals surface area contributed by atoms with E-state index in [1.807, 2.05) is 6.07 Å². The van der Waals surface area contributed by atoms with Crippen molar-refractivity contribution in [3.05, 3.63) is 23.9 Å². The van der Waals surface area contributed by atoms with E-state index in [0.717, 1.165) is 19.3 Å². The van der Waals surface area contributed by atoms with Gasteiger partial charge in [-0.1, -0.05) is 25.8 Å². The lowest BCUT2D eigenvalue weighted by Gasteiger charge is -2.09. The maximum Gasteiger partial charge on any atom is 0.213 e. The van der Waals surface area contributed by atoms with E-state index in [-0.39, 0.29) is 31.2 Å². The molecule has 0 aromatic carbocycles. The normalized spacial score (nSPS) is 21.4. The van der Waals surface area contributed by atoms with E-state index < -0.39 is 6.17 Å². The molecule has 0 unspecified atom stereocenters. The first-order valence-corrected chi connectivity index (χ1v) is 7.68. The van der Waals surface area contributed by atoms with Gasteiger partial charge in [0.2, 0.25) is 5.88 Å². The van der Waals surface area contributed by atoms with Gasteiger partial charge in [0.1, 0.15) is 6.17 Å². The molecule has 2 atom stereocenters. The Kier molecular flexibility index (Phi) is 6.11. The van der Waals surface area contributed by atoms with Crippen LogP contribution in [-0.4, -0.2) is 36.1 Å². The SMILES string of the molecule is CCCCCOc1cccc(CC(=O)[C@@H]2C[C@@H](F)CN2)n1. The molecule has 21 heavy (non-hydrogen) atoms. The first kappa shape index (κ1) is 15.9. The summed E-state index contributed by atoms with van der Waals surface area (Å²) in [4.78, 5) is 16.4. The van der Waals surface area contributed by atoms with E-state index >= 15 is 0 Å². The van der Waals surface area contributed by atoms with Gasteiger partial charge in [-0.3, -0.25) is 4.79 Å². The third-order valence-electron chi connectivity index (χ3n) is 3.60. The Hall–Kier alpha value is -1.49. The highest BCUT2D eigenvalue weighted by atomic mass is 19.1. The zero-order valence-corrected chi connectivity index (χ0v) is 12.5. The van der Waals surface area contributed by atoms with E-state index in [9.17, 15) is 9.18 Å². The van der Waals surface area contributed by atoms with Crippen LogP contribution in [0.4, 0.5) is 4.39 Å². The third-order valence-corrected chi connectivity index (χ3v) is 3.60. The van der Waals surface area contributed by atoms with Crippen LogP contribution >= 0.6 is 0 Å². The summed E-state index contributed by atoms with van der Waals surface area (Å²) in [5, 5.41) is 2.91. The number of pyridine rings is 1. The van der Waals surface area contributed by atoms with Crippen molar-refractivity contribution in [3.8, 4) is 5.88 Å². The molecule has 1 fully saturated rings. The summed E-state index contributed by atoms with van der Waals surface area (Å²) in [7, 11) is 0. The van der Waals surface area contributed by atoms with Gasteiger partial charge in [-0.05, 0) is 12.5 Å². The zero-order chi connectivity index (χ0) is 15.1. The van der Waals surface area contributed by atoms with Crippen molar-refractivity contribution in [1.29, 1.82) is 0 Å². The first-order chi connectivity index (χ1) is 10.2. The van der Waals surface area contributed by atoms with E-state index in [1.54, 1.807) is 12.1 Å². The lowest BCUT2D eigenvalue weighted by Crippen LogP contribution is -2.32. The van der Waals surface area contributed by atoms with Gasteiger partial charge in [0.15, 0.2) is 5.78 Å². The van der Waals surface area contributed by atoms with Crippen LogP contribution in [0.1, 0.15) is 38.3 Å². The average molecular weight is 294 g/mol. The molecule has 4 nitrogen and oxygen atoms in total. The Morgan fingerprint density at radius 3 is 3.05 bits per heavy atom. The van der Waals surface area contributed by atoms with Gasteiger partial charge in [-0.15, -0.1) is 0 Å². The molecule has 1 aliphatic rings. The summed E-state index contributed by atoms with van der Waals surface area (Å²) >= 11 is 0. The first-order valence-electron chi connectivity index (χ1n) is 7.68. The number of aromatic nitrogens is 1. The Labute approximate surface area is 125 Å². The lowest BCUT2D eigenvalue weighted by atomic mass is 10.1. The molecule has 0 aliphatic carbocycles. The van der Waals surface area contributed by atoms with Gasteiger partial charge in [0.05, 0.1) is 24.8 Å². The molecule has 2 rings (SSSR count). The Bertz CT molecular complexity index is 467. The number of Topliss-reactive ketones (excluding diaryl/α,β-unsaturated/α-hetero) is 1. The molecule has 1 saturated heterocycles. The van der Waals surface area contributed by atoms with Crippen LogP contribution in [0.25, 0.3) is 0 Å². The lowest BCUT2D eigenvalue weighted by molar-refractivity contribution is -0.120. The second kappa shape index (κ2) is 8.08. The maximum atomic E-state index is 13.1. The molecule has 1 aromatic heterocycles. The van der Waals surface area contributed by atoms with Crippen molar-refractivity contribution in [3.63, 3.8) is 0 Å². The number of ketones is 1. The number of nitrogens with zero attached hydrogens (tertiary/aromatic N) is 1. The molecule has 1 N–H and O–H groups in total. The highest BCUT2D eigenvalue weighted by molar-refractivity contribution is 5.86. The number of carbonyl (C=O) groups is 1.